The fourth-order valence-corrected chi connectivity index (χ4v) is 2.22. The number of para-hydroxylation sites is 1. The van der Waals surface area contributed by atoms with Gasteiger partial charge < -0.3 is 10.6 Å². The maximum absolute atomic E-state index is 13.2. The fourth-order valence-electron chi connectivity index (χ4n) is 2.22. The zero-order chi connectivity index (χ0) is 17.5. The van der Waals surface area contributed by atoms with Crippen molar-refractivity contribution >= 4 is 17.5 Å². The van der Waals surface area contributed by atoms with Crippen LogP contribution in [0.3, 0.4) is 0 Å². The van der Waals surface area contributed by atoms with Gasteiger partial charge in [-0.1, -0.05) is 31.2 Å². The SMILES string of the molecule is CC[C@H](C)NC(=O)c1ccccc1NC(=O)Cc1cccc(F)c1. The van der Waals surface area contributed by atoms with Gasteiger partial charge in [-0.25, -0.2) is 4.39 Å². The molecule has 2 aromatic carbocycles. The van der Waals surface area contributed by atoms with Gasteiger partial charge in [0.05, 0.1) is 17.7 Å². The molecule has 0 fully saturated rings. The van der Waals surface area contributed by atoms with Crippen molar-refractivity contribution in [1.82, 2.24) is 5.32 Å². The number of benzene rings is 2. The monoisotopic (exact) mass is 328 g/mol. The first kappa shape index (κ1) is 17.7. The van der Waals surface area contributed by atoms with E-state index in [0.717, 1.165) is 6.42 Å². The van der Waals surface area contributed by atoms with E-state index in [9.17, 15) is 14.0 Å². The number of carbonyl (C=O) groups is 2. The Balaban J connectivity index is 2.09. The van der Waals surface area contributed by atoms with Gasteiger partial charge in [-0.2, -0.15) is 0 Å². The quantitative estimate of drug-likeness (QED) is 0.852. The Kier molecular flexibility index (Phi) is 6.07. The number of hydrogen-bond acceptors (Lipinski definition) is 2. The summed E-state index contributed by atoms with van der Waals surface area (Å²) in [7, 11) is 0. The normalized spacial score (nSPS) is 11.6. The molecule has 0 bridgehead atoms. The van der Waals surface area contributed by atoms with Gasteiger partial charge in [-0.15, -0.1) is 0 Å². The molecule has 2 amide bonds. The third-order valence-electron chi connectivity index (χ3n) is 3.69. The molecule has 0 heterocycles. The molecule has 2 rings (SSSR count). The Morgan fingerprint density at radius 3 is 2.58 bits per heavy atom. The smallest absolute Gasteiger partial charge is 0.253 e. The van der Waals surface area contributed by atoms with Gasteiger partial charge in [0.1, 0.15) is 5.82 Å². The van der Waals surface area contributed by atoms with Crippen LogP contribution >= 0.6 is 0 Å². The molecule has 126 valence electrons. The second-order valence-electron chi connectivity index (χ2n) is 5.68. The standard InChI is InChI=1S/C19H21FN2O2/c1-3-13(2)21-19(24)16-9-4-5-10-17(16)22-18(23)12-14-7-6-8-15(20)11-14/h4-11,13H,3,12H2,1-2H3,(H,21,24)(H,22,23)/t13-/m0/s1. The Morgan fingerprint density at radius 2 is 1.88 bits per heavy atom. The lowest BCUT2D eigenvalue weighted by Gasteiger charge is -2.14. The first-order chi connectivity index (χ1) is 11.5. The van der Waals surface area contributed by atoms with Crippen LogP contribution < -0.4 is 10.6 Å². The molecule has 0 spiro atoms. The first-order valence-electron chi connectivity index (χ1n) is 7.93. The lowest BCUT2D eigenvalue weighted by molar-refractivity contribution is -0.115. The molecule has 2 aromatic rings. The van der Waals surface area contributed by atoms with Crippen LogP contribution in [0.5, 0.6) is 0 Å². The van der Waals surface area contributed by atoms with E-state index in [2.05, 4.69) is 10.6 Å². The lowest BCUT2D eigenvalue weighted by Crippen LogP contribution is -2.32. The molecule has 5 heteroatoms. The Labute approximate surface area is 141 Å². The van der Waals surface area contributed by atoms with Crippen molar-refractivity contribution in [2.75, 3.05) is 5.32 Å². The number of hydrogen-bond donors (Lipinski definition) is 2. The minimum absolute atomic E-state index is 0.0408. The topological polar surface area (TPSA) is 58.2 Å². The first-order valence-corrected chi connectivity index (χ1v) is 7.93. The molecule has 24 heavy (non-hydrogen) atoms. The summed E-state index contributed by atoms with van der Waals surface area (Å²) in [5.74, 6) is -0.913. The van der Waals surface area contributed by atoms with E-state index < -0.39 is 0 Å². The molecule has 2 N–H and O–H groups in total. The van der Waals surface area contributed by atoms with E-state index in [1.807, 2.05) is 13.8 Å². The number of anilines is 1. The van der Waals surface area contributed by atoms with Gasteiger partial charge in [0.25, 0.3) is 5.91 Å². The zero-order valence-corrected chi connectivity index (χ0v) is 13.8. The largest absolute Gasteiger partial charge is 0.350 e. The van der Waals surface area contributed by atoms with E-state index in [1.54, 1.807) is 36.4 Å². The van der Waals surface area contributed by atoms with Crippen molar-refractivity contribution < 1.29 is 14.0 Å². The summed E-state index contributed by atoms with van der Waals surface area (Å²) in [4.78, 5) is 24.5. The van der Waals surface area contributed by atoms with E-state index in [-0.39, 0.29) is 30.1 Å². The summed E-state index contributed by atoms with van der Waals surface area (Å²) in [6.07, 6.45) is 0.860. The molecule has 0 aliphatic rings. The average Bonchev–Trinajstić information content (AvgIpc) is 2.55. The van der Waals surface area contributed by atoms with E-state index in [0.29, 0.717) is 16.8 Å². The van der Waals surface area contributed by atoms with Gasteiger partial charge in [-0.05, 0) is 43.2 Å². The second kappa shape index (κ2) is 8.24. The summed E-state index contributed by atoms with van der Waals surface area (Å²) in [6, 6.07) is 12.8. The lowest BCUT2D eigenvalue weighted by atomic mass is 10.1. The minimum atomic E-state index is -0.381. The highest BCUT2D eigenvalue weighted by molar-refractivity contribution is 6.04. The van der Waals surface area contributed by atoms with Crippen LogP contribution in [0, 0.1) is 5.82 Å². The molecule has 4 nitrogen and oxygen atoms in total. The molecule has 0 unspecified atom stereocenters. The van der Waals surface area contributed by atoms with E-state index >= 15 is 0 Å². The maximum atomic E-state index is 13.2. The van der Waals surface area contributed by atoms with Crippen LogP contribution in [0.1, 0.15) is 36.2 Å². The van der Waals surface area contributed by atoms with Crippen molar-refractivity contribution in [3.05, 3.63) is 65.5 Å². The van der Waals surface area contributed by atoms with Crippen molar-refractivity contribution in [2.45, 2.75) is 32.7 Å². The molecule has 0 aliphatic carbocycles. The molecule has 0 saturated carbocycles. The predicted octanol–water partition coefficient (Wildman–Crippen LogP) is 3.54. The number of halogens is 1. The Bertz CT molecular complexity index is 731. The number of nitrogens with one attached hydrogen (secondary N) is 2. The summed E-state index contributed by atoms with van der Waals surface area (Å²) < 4.78 is 13.2. The zero-order valence-electron chi connectivity index (χ0n) is 13.8. The van der Waals surface area contributed by atoms with Gasteiger partial charge >= 0.3 is 0 Å². The van der Waals surface area contributed by atoms with Crippen LogP contribution in [0.25, 0.3) is 0 Å². The summed E-state index contributed by atoms with van der Waals surface area (Å²) >= 11 is 0. The molecular formula is C19H21FN2O2. The number of carbonyl (C=O) groups excluding carboxylic acids is 2. The van der Waals surface area contributed by atoms with Crippen molar-refractivity contribution in [1.29, 1.82) is 0 Å². The molecule has 0 aliphatic heterocycles. The minimum Gasteiger partial charge on any atom is -0.350 e. The molecule has 0 saturated heterocycles. The van der Waals surface area contributed by atoms with Gasteiger partial charge in [0.2, 0.25) is 5.91 Å². The van der Waals surface area contributed by atoms with Crippen LogP contribution in [0.15, 0.2) is 48.5 Å². The van der Waals surface area contributed by atoms with E-state index in [4.69, 9.17) is 0 Å². The van der Waals surface area contributed by atoms with Crippen molar-refractivity contribution in [2.24, 2.45) is 0 Å². The van der Waals surface area contributed by atoms with Crippen LogP contribution in [0.4, 0.5) is 10.1 Å². The van der Waals surface area contributed by atoms with Crippen LogP contribution in [-0.2, 0) is 11.2 Å². The molecule has 0 aromatic heterocycles. The summed E-state index contributed by atoms with van der Waals surface area (Å²) in [5.41, 5.74) is 1.43. The summed E-state index contributed by atoms with van der Waals surface area (Å²) in [6.45, 7) is 3.90. The average molecular weight is 328 g/mol. The molecule has 1 atom stereocenters. The van der Waals surface area contributed by atoms with Crippen molar-refractivity contribution in [3.8, 4) is 0 Å². The van der Waals surface area contributed by atoms with Gasteiger partial charge in [0.15, 0.2) is 0 Å². The van der Waals surface area contributed by atoms with Gasteiger partial charge in [0, 0.05) is 6.04 Å². The summed E-state index contributed by atoms with van der Waals surface area (Å²) in [5, 5.41) is 5.61. The third-order valence-corrected chi connectivity index (χ3v) is 3.69. The Hall–Kier alpha value is -2.69. The molecular weight excluding hydrogens is 307 g/mol. The molecule has 0 radical (unpaired) electrons. The highest BCUT2D eigenvalue weighted by Crippen LogP contribution is 2.16. The van der Waals surface area contributed by atoms with Crippen LogP contribution in [-0.4, -0.2) is 17.9 Å². The van der Waals surface area contributed by atoms with E-state index in [1.165, 1.54) is 12.1 Å². The highest BCUT2D eigenvalue weighted by Gasteiger charge is 2.14. The highest BCUT2D eigenvalue weighted by atomic mass is 19.1. The third kappa shape index (κ3) is 4.91. The van der Waals surface area contributed by atoms with Gasteiger partial charge in [-0.3, -0.25) is 9.59 Å². The second-order valence-corrected chi connectivity index (χ2v) is 5.68. The fraction of sp³-hybridized carbons (Fsp3) is 0.263. The van der Waals surface area contributed by atoms with Crippen molar-refractivity contribution in [3.63, 3.8) is 0 Å². The Morgan fingerprint density at radius 1 is 1.12 bits per heavy atom. The maximum Gasteiger partial charge on any atom is 0.253 e. The number of rotatable bonds is 6. The van der Waals surface area contributed by atoms with Crippen LogP contribution in [0.2, 0.25) is 0 Å². The predicted molar refractivity (Wildman–Crippen MR) is 92.4 cm³/mol. The number of amides is 2.